The van der Waals surface area contributed by atoms with Crippen molar-refractivity contribution in [2.45, 2.75) is 112 Å². The number of ether oxygens (including phenoxy) is 1. The van der Waals surface area contributed by atoms with E-state index in [4.69, 9.17) is 16.3 Å². The summed E-state index contributed by atoms with van der Waals surface area (Å²) in [5.41, 5.74) is 2.34. The smallest absolute Gasteiger partial charge is 0.408 e. The molecule has 232 valence electrons. The summed E-state index contributed by atoms with van der Waals surface area (Å²) in [5.74, 6) is -0.945. The molecule has 0 saturated carbocycles. The first-order valence-electron chi connectivity index (χ1n) is 15.2. The van der Waals surface area contributed by atoms with Crippen LogP contribution in [-0.2, 0) is 14.3 Å². The van der Waals surface area contributed by atoms with Crippen molar-refractivity contribution >= 4 is 35.2 Å². The Bertz CT molecular complexity index is 1150. The van der Waals surface area contributed by atoms with Crippen molar-refractivity contribution in [1.82, 2.24) is 10.2 Å². The van der Waals surface area contributed by atoms with Gasteiger partial charge in [0.2, 0.25) is 5.91 Å². The number of nitrogens with zero attached hydrogens (tertiary/aromatic N) is 1. The number of benzene rings is 2. The standard InChI is InChI=1S/C34H50ClN3O4/c1-9-10-11-12-13-14-22-38(32(40)28(23(2)3)37-33(41)42-34(6,7)8)30(26-20-18-24(4)19-21-26)31(39)36-29-25(5)16-15-17-27(29)35/h15-21,23,28,30H,9-14,22H2,1-8H3,(H,36,39)(H,37,41). The molecule has 8 heteroatoms. The molecule has 2 aromatic carbocycles. The zero-order valence-electron chi connectivity index (χ0n) is 26.7. The Morgan fingerprint density at radius 2 is 1.55 bits per heavy atom. The number of hydrogen-bond acceptors (Lipinski definition) is 4. The van der Waals surface area contributed by atoms with Gasteiger partial charge >= 0.3 is 6.09 Å². The van der Waals surface area contributed by atoms with Gasteiger partial charge in [-0.1, -0.05) is 106 Å². The molecule has 0 aliphatic heterocycles. The topological polar surface area (TPSA) is 87.7 Å². The van der Waals surface area contributed by atoms with Crippen molar-refractivity contribution in [2.75, 3.05) is 11.9 Å². The predicted molar refractivity (Wildman–Crippen MR) is 172 cm³/mol. The number of hydrogen-bond donors (Lipinski definition) is 2. The second kappa shape index (κ2) is 16.5. The van der Waals surface area contributed by atoms with Crippen LogP contribution in [0, 0.1) is 19.8 Å². The monoisotopic (exact) mass is 599 g/mol. The van der Waals surface area contributed by atoms with E-state index >= 15 is 0 Å². The molecule has 0 aliphatic carbocycles. The molecule has 0 fully saturated rings. The lowest BCUT2D eigenvalue weighted by molar-refractivity contribution is -0.141. The molecule has 0 heterocycles. The normalized spacial score (nSPS) is 12.9. The predicted octanol–water partition coefficient (Wildman–Crippen LogP) is 8.38. The van der Waals surface area contributed by atoms with Crippen LogP contribution >= 0.6 is 11.6 Å². The Morgan fingerprint density at radius 3 is 2.12 bits per heavy atom. The van der Waals surface area contributed by atoms with Gasteiger partial charge in [0.25, 0.3) is 5.91 Å². The summed E-state index contributed by atoms with van der Waals surface area (Å²) in [4.78, 5) is 42.9. The lowest BCUT2D eigenvalue weighted by atomic mass is 9.97. The van der Waals surface area contributed by atoms with E-state index in [1.165, 1.54) is 6.42 Å². The minimum Gasteiger partial charge on any atom is -0.444 e. The second-order valence-electron chi connectivity index (χ2n) is 12.4. The first kappa shape index (κ1) is 35.1. The molecule has 2 aromatic rings. The van der Waals surface area contributed by atoms with Crippen LogP contribution in [0.15, 0.2) is 42.5 Å². The maximum absolute atomic E-state index is 14.4. The summed E-state index contributed by atoms with van der Waals surface area (Å²) in [5, 5.41) is 6.22. The molecular formula is C34H50ClN3O4. The summed E-state index contributed by atoms with van der Waals surface area (Å²) in [6, 6.07) is 11.2. The van der Waals surface area contributed by atoms with E-state index < -0.39 is 23.8 Å². The lowest BCUT2D eigenvalue weighted by Crippen LogP contribution is -2.54. The van der Waals surface area contributed by atoms with E-state index in [-0.39, 0.29) is 17.7 Å². The van der Waals surface area contributed by atoms with E-state index in [2.05, 4.69) is 17.6 Å². The Kier molecular flexibility index (Phi) is 13.8. The fraction of sp³-hybridized carbons (Fsp3) is 0.559. The highest BCUT2D eigenvalue weighted by Crippen LogP contribution is 2.30. The van der Waals surface area contributed by atoms with Gasteiger partial charge in [-0.15, -0.1) is 0 Å². The zero-order chi connectivity index (χ0) is 31.4. The molecule has 0 spiro atoms. The van der Waals surface area contributed by atoms with Crippen LogP contribution in [0.1, 0.15) is 103 Å². The van der Waals surface area contributed by atoms with Gasteiger partial charge in [0.15, 0.2) is 0 Å². The number of anilines is 1. The van der Waals surface area contributed by atoms with Crippen LogP contribution in [0.3, 0.4) is 0 Å². The van der Waals surface area contributed by atoms with E-state index in [0.717, 1.165) is 43.2 Å². The van der Waals surface area contributed by atoms with Crippen molar-refractivity contribution < 1.29 is 19.1 Å². The molecule has 0 aliphatic rings. The van der Waals surface area contributed by atoms with Crippen molar-refractivity contribution in [2.24, 2.45) is 5.92 Å². The summed E-state index contributed by atoms with van der Waals surface area (Å²) in [6.45, 7) is 15.5. The Balaban J connectivity index is 2.53. The molecular weight excluding hydrogens is 550 g/mol. The average Bonchev–Trinajstić information content (AvgIpc) is 2.90. The molecule has 0 bridgehead atoms. The lowest BCUT2D eigenvalue weighted by Gasteiger charge is -2.36. The first-order valence-corrected chi connectivity index (χ1v) is 15.6. The van der Waals surface area contributed by atoms with Crippen LogP contribution < -0.4 is 10.6 Å². The number of aryl methyl sites for hydroxylation is 2. The third-order valence-electron chi connectivity index (χ3n) is 7.06. The van der Waals surface area contributed by atoms with E-state index in [1.807, 2.05) is 64.1 Å². The molecule has 0 radical (unpaired) electrons. The van der Waals surface area contributed by atoms with Crippen LogP contribution in [0.25, 0.3) is 0 Å². The molecule has 3 amide bonds. The van der Waals surface area contributed by atoms with Crippen LogP contribution in [-0.4, -0.2) is 41.0 Å². The van der Waals surface area contributed by atoms with Crippen LogP contribution in [0.2, 0.25) is 5.02 Å². The van der Waals surface area contributed by atoms with Crippen molar-refractivity contribution in [3.63, 3.8) is 0 Å². The zero-order valence-corrected chi connectivity index (χ0v) is 27.4. The second-order valence-corrected chi connectivity index (χ2v) is 12.8. The summed E-state index contributed by atoms with van der Waals surface area (Å²) >= 11 is 6.48. The van der Waals surface area contributed by atoms with Gasteiger partial charge in [0.1, 0.15) is 17.7 Å². The molecule has 2 N–H and O–H groups in total. The third-order valence-corrected chi connectivity index (χ3v) is 7.38. The van der Waals surface area contributed by atoms with Gasteiger partial charge in [0.05, 0.1) is 10.7 Å². The number of nitrogens with one attached hydrogen (secondary N) is 2. The molecule has 2 atom stereocenters. The fourth-order valence-corrected chi connectivity index (χ4v) is 5.03. The highest BCUT2D eigenvalue weighted by molar-refractivity contribution is 6.34. The van der Waals surface area contributed by atoms with Gasteiger partial charge in [-0.25, -0.2) is 4.79 Å². The maximum atomic E-state index is 14.4. The summed E-state index contributed by atoms with van der Waals surface area (Å²) in [6.07, 6.45) is 5.50. The van der Waals surface area contributed by atoms with Crippen LogP contribution in [0.5, 0.6) is 0 Å². The number of halogens is 1. The van der Waals surface area contributed by atoms with E-state index in [0.29, 0.717) is 22.8 Å². The molecule has 0 aromatic heterocycles. The maximum Gasteiger partial charge on any atom is 0.408 e. The van der Waals surface area contributed by atoms with E-state index in [1.54, 1.807) is 31.7 Å². The summed E-state index contributed by atoms with van der Waals surface area (Å²) < 4.78 is 5.48. The van der Waals surface area contributed by atoms with Gasteiger partial charge in [-0.2, -0.15) is 0 Å². The van der Waals surface area contributed by atoms with E-state index in [9.17, 15) is 14.4 Å². The largest absolute Gasteiger partial charge is 0.444 e. The Hall–Kier alpha value is -3.06. The van der Waals surface area contributed by atoms with Gasteiger partial charge < -0.3 is 20.3 Å². The Labute approximate surface area is 257 Å². The van der Waals surface area contributed by atoms with Crippen molar-refractivity contribution in [1.29, 1.82) is 0 Å². The minimum atomic E-state index is -0.939. The molecule has 0 saturated heterocycles. The average molecular weight is 600 g/mol. The van der Waals surface area contributed by atoms with Crippen molar-refractivity contribution in [3.05, 3.63) is 64.2 Å². The molecule has 2 rings (SSSR count). The quantitative estimate of drug-likeness (QED) is 0.213. The summed E-state index contributed by atoms with van der Waals surface area (Å²) in [7, 11) is 0. The number of unbranched alkanes of at least 4 members (excludes halogenated alkanes) is 5. The molecule has 2 unspecified atom stereocenters. The number of carbonyl (C=O) groups is 3. The number of para-hydroxylation sites is 1. The van der Waals surface area contributed by atoms with Gasteiger partial charge in [0, 0.05) is 6.54 Å². The van der Waals surface area contributed by atoms with Crippen LogP contribution in [0.4, 0.5) is 10.5 Å². The van der Waals surface area contributed by atoms with Gasteiger partial charge in [-0.3, -0.25) is 9.59 Å². The fourth-order valence-electron chi connectivity index (χ4n) is 4.76. The SMILES string of the molecule is CCCCCCCCN(C(=O)C(NC(=O)OC(C)(C)C)C(C)C)C(C(=O)Nc1c(C)cccc1Cl)c1ccc(C)cc1. The van der Waals surface area contributed by atoms with Crippen molar-refractivity contribution in [3.8, 4) is 0 Å². The minimum absolute atomic E-state index is 0.246. The first-order chi connectivity index (χ1) is 19.7. The number of alkyl carbamates (subject to hydrolysis) is 1. The molecule has 42 heavy (non-hydrogen) atoms. The molecule has 7 nitrogen and oxygen atoms in total. The number of carbonyl (C=O) groups excluding carboxylic acids is 3. The van der Waals surface area contributed by atoms with Gasteiger partial charge in [-0.05, 0) is 64.2 Å². The highest BCUT2D eigenvalue weighted by atomic mass is 35.5. The Morgan fingerprint density at radius 1 is 0.929 bits per heavy atom. The third kappa shape index (κ3) is 11.0. The number of rotatable bonds is 14. The highest BCUT2D eigenvalue weighted by Gasteiger charge is 2.37. The number of amides is 3.